The summed E-state index contributed by atoms with van der Waals surface area (Å²) in [6, 6.07) is 18.4. The van der Waals surface area contributed by atoms with E-state index in [-0.39, 0.29) is 0 Å². The summed E-state index contributed by atoms with van der Waals surface area (Å²) in [7, 11) is 0. The molecule has 3 aromatic rings. The molecule has 0 aliphatic rings. The summed E-state index contributed by atoms with van der Waals surface area (Å²) in [6.07, 6.45) is 5.93. The van der Waals surface area contributed by atoms with Gasteiger partial charge in [0, 0.05) is 11.1 Å². The molecule has 2 aromatic carbocycles. The highest BCUT2D eigenvalue weighted by molar-refractivity contribution is 7.99. The Morgan fingerprint density at radius 3 is 2.60 bits per heavy atom. The third kappa shape index (κ3) is 3.06. The number of rotatable bonds is 4. The molecule has 0 radical (unpaired) electrons. The topological polar surface area (TPSA) is 25.8 Å². The second kappa shape index (κ2) is 6.35. The molecule has 2 nitrogen and oxygen atoms in total. The van der Waals surface area contributed by atoms with Crippen molar-refractivity contribution in [3.05, 3.63) is 72.6 Å². The van der Waals surface area contributed by atoms with E-state index >= 15 is 0 Å². The van der Waals surface area contributed by atoms with Crippen LogP contribution >= 0.6 is 11.8 Å². The average Bonchev–Trinajstić information content (AvgIpc) is 2.53. The first-order valence-electron chi connectivity index (χ1n) is 6.47. The van der Waals surface area contributed by atoms with E-state index in [1.165, 1.54) is 5.56 Å². The van der Waals surface area contributed by atoms with E-state index in [9.17, 15) is 0 Å². The van der Waals surface area contributed by atoms with Crippen molar-refractivity contribution in [1.29, 1.82) is 0 Å². The van der Waals surface area contributed by atoms with Crippen molar-refractivity contribution in [2.45, 2.75) is 5.03 Å². The van der Waals surface area contributed by atoms with Crippen molar-refractivity contribution in [1.82, 2.24) is 9.97 Å². The molecule has 0 spiro atoms. The lowest BCUT2D eigenvalue weighted by molar-refractivity contribution is 1.10. The Morgan fingerprint density at radius 2 is 1.70 bits per heavy atom. The van der Waals surface area contributed by atoms with E-state index in [0.29, 0.717) is 0 Å². The molecule has 3 heteroatoms. The van der Waals surface area contributed by atoms with Crippen molar-refractivity contribution in [2.75, 3.05) is 5.75 Å². The number of hydrogen-bond acceptors (Lipinski definition) is 3. The molecule has 0 aliphatic carbocycles. The van der Waals surface area contributed by atoms with Gasteiger partial charge < -0.3 is 0 Å². The molecule has 0 aliphatic heterocycles. The van der Waals surface area contributed by atoms with Gasteiger partial charge in [-0.25, -0.2) is 9.97 Å². The van der Waals surface area contributed by atoms with Gasteiger partial charge in [-0.3, -0.25) is 0 Å². The van der Waals surface area contributed by atoms with E-state index in [4.69, 9.17) is 0 Å². The third-order valence-electron chi connectivity index (χ3n) is 2.93. The zero-order chi connectivity index (χ0) is 13.6. The molecule has 0 unspecified atom stereocenters. The largest absolute Gasteiger partial charge is 0.236 e. The Morgan fingerprint density at radius 1 is 0.900 bits per heavy atom. The van der Waals surface area contributed by atoms with Crippen molar-refractivity contribution in [2.24, 2.45) is 0 Å². The summed E-state index contributed by atoms with van der Waals surface area (Å²) in [5.41, 5.74) is 2.22. The second-order valence-electron chi connectivity index (χ2n) is 4.32. The van der Waals surface area contributed by atoms with Crippen LogP contribution in [-0.2, 0) is 0 Å². The van der Waals surface area contributed by atoms with Crippen LogP contribution in [0.25, 0.3) is 17.0 Å². The van der Waals surface area contributed by atoms with Gasteiger partial charge in [0.1, 0.15) is 11.4 Å². The van der Waals surface area contributed by atoms with Gasteiger partial charge >= 0.3 is 0 Å². The van der Waals surface area contributed by atoms with Crippen LogP contribution in [-0.4, -0.2) is 15.7 Å². The average molecular weight is 278 g/mol. The monoisotopic (exact) mass is 278 g/mol. The minimum absolute atomic E-state index is 0.899. The number of fused-ring (bicyclic) bond motifs is 1. The van der Waals surface area contributed by atoms with E-state index in [1.54, 1.807) is 18.1 Å². The van der Waals surface area contributed by atoms with Crippen LogP contribution in [0.1, 0.15) is 5.56 Å². The Hall–Kier alpha value is -2.13. The van der Waals surface area contributed by atoms with Gasteiger partial charge in [-0.15, -0.1) is 11.8 Å². The van der Waals surface area contributed by atoms with E-state index in [2.05, 4.69) is 40.3 Å². The highest BCUT2D eigenvalue weighted by Gasteiger charge is 2.01. The lowest BCUT2D eigenvalue weighted by Gasteiger charge is -2.02. The van der Waals surface area contributed by atoms with Crippen LogP contribution < -0.4 is 0 Å². The highest BCUT2D eigenvalue weighted by Crippen LogP contribution is 2.24. The lowest BCUT2D eigenvalue weighted by atomic mass is 10.2. The Bertz CT molecular complexity index is 718. The van der Waals surface area contributed by atoms with Gasteiger partial charge in [-0.05, 0) is 11.6 Å². The summed E-state index contributed by atoms with van der Waals surface area (Å²) in [5.74, 6) is 0.899. The molecule has 0 bridgehead atoms. The van der Waals surface area contributed by atoms with Crippen molar-refractivity contribution in [3.63, 3.8) is 0 Å². The fourth-order valence-electron chi connectivity index (χ4n) is 1.97. The van der Waals surface area contributed by atoms with Gasteiger partial charge in [0.2, 0.25) is 0 Å². The van der Waals surface area contributed by atoms with Crippen LogP contribution in [0.5, 0.6) is 0 Å². The SMILES string of the molecule is C(=Cc1ccccc1)CSc1ncnc2ccccc12. The van der Waals surface area contributed by atoms with Crippen LogP contribution in [0.15, 0.2) is 72.0 Å². The molecular formula is C17H14N2S. The van der Waals surface area contributed by atoms with Crippen molar-refractivity contribution >= 4 is 28.7 Å². The molecule has 0 fully saturated rings. The molecule has 0 N–H and O–H groups in total. The molecule has 0 amide bonds. The predicted octanol–water partition coefficient (Wildman–Crippen LogP) is 4.44. The molecule has 1 aromatic heterocycles. The fourth-order valence-corrected chi connectivity index (χ4v) is 2.77. The van der Waals surface area contributed by atoms with Crippen molar-refractivity contribution in [3.8, 4) is 0 Å². The van der Waals surface area contributed by atoms with E-state index in [1.807, 2.05) is 36.4 Å². The van der Waals surface area contributed by atoms with Gasteiger partial charge in [-0.2, -0.15) is 0 Å². The second-order valence-corrected chi connectivity index (χ2v) is 5.33. The zero-order valence-corrected chi connectivity index (χ0v) is 11.8. The standard InChI is InChI=1S/C17H14N2S/c1-2-7-14(8-3-1)9-6-12-20-17-15-10-4-5-11-16(15)18-13-19-17/h1-11,13H,12H2. The molecule has 0 atom stereocenters. The molecule has 0 saturated heterocycles. The summed E-state index contributed by atoms with van der Waals surface area (Å²) in [6.45, 7) is 0. The Balaban J connectivity index is 1.70. The zero-order valence-electron chi connectivity index (χ0n) is 10.9. The minimum Gasteiger partial charge on any atom is -0.236 e. The summed E-state index contributed by atoms with van der Waals surface area (Å²) < 4.78 is 0. The van der Waals surface area contributed by atoms with Gasteiger partial charge in [0.05, 0.1) is 5.52 Å². The predicted molar refractivity (Wildman–Crippen MR) is 85.7 cm³/mol. The highest BCUT2D eigenvalue weighted by atomic mass is 32.2. The van der Waals surface area contributed by atoms with E-state index in [0.717, 1.165) is 21.7 Å². The van der Waals surface area contributed by atoms with Crippen LogP contribution in [0.2, 0.25) is 0 Å². The summed E-state index contributed by atoms with van der Waals surface area (Å²) in [4.78, 5) is 8.64. The maximum atomic E-state index is 4.37. The van der Waals surface area contributed by atoms with Crippen LogP contribution in [0.3, 0.4) is 0 Å². The quantitative estimate of drug-likeness (QED) is 0.521. The number of aromatic nitrogens is 2. The maximum Gasteiger partial charge on any atom is 0.117 e. The summed E-state index contributed by atoms with van der Waals surface area (Å²) in [5, 5.41) is 2.15. The van der Waals surface area contributed by atoms with Gasteiger partial charge in [0.25, 0.3) is 0 Å². The first-order chi connectivity index (χ1) is 9.93. The third-order valence-corrected chi connectivity index (χ3v) is 3.89. The number of para-hydroxylation sites is 1. The molecule has 20 heavy (non-hydrogen) atoms. The molecule has 1 heterocycles. The smallest absolute Gasteiger partial charge is 0.117 e. The Labute approximate surface area is 122 Å². The van der Waals surface area contributed by atoms with Gasteiger partial charge in [0.15, 0.2) is 0 Å². The minimum atomic E-state index is 0.899. The van der Waals surface area contributed by atoms with Crippen molar-refractivity contribution < 1.29 is 0 Å². The number of thioether (sulfide) groups is 1. The molecule has 3 rings (SSSR count). The number of hydrogen-bond donors (Lipinski definition) is 0. The summed E-state index contributed by atoms with van der Waals surface area (Å²) >= 11 is 1.73. The van der Waals surface area contributed by atoms with Gasteiger partial charge in [-0.1, -0.05) is 60.7 Å². The molecule has 0 saturated carbocycles. The number of benzene rings is 2. The first-order valence-corrected chi connectivity index (χ1v) is 7.46. The fraction of sp³-hybridized carbons (Fsp3) is 0.0588. The molecule has 98 valence electrons. The first kappa shape index (κ1) is 12.9. The van der Waals surface area contributed by atoms with E-state index < -0.39 is 0 Å². The normalized spacial score (nSPS) is 11.2. The Kier molecular flexibility index (Phi) is 4.09. The van der Waals surface area contributed by atoms with Crippen LogP contribution in [0.4, 0.5) is 0 Å². The lowest BCUT2D eigenvalue weighted by Crippen LogP contribution is -1.86. The maximum absolute atomic E-state index is 4.37. The van der Waals surface area contributed by atoms with Crippen LogP contribution in [0, 0.1) is 0 Å². The molecular weight excluding hydrogens is 264 g/mol. The number of nitrogens with zero attached hydrogens (tertiary/aromatic N) is 2.